The SMILES string of the molecule is C#Cc1cccc(NCc2cc(Br)ccc2OC)c1. The number of terminal acetylenes is 1. The molecule has 0 aliphatic rings. The first-order valence-electron chi connectivity index (χ1n) is 5.86. The molecule has 0 aliphatic heterocycles. The zero-order valence-electron chi connectivity index (χ0n) is 10.6. The number of ether oxygens (including phenoxy) is 1. The number of hydrogen-bond donors (Lipinski definition) is 1. The Morgan fingerprint density at radius 3 is 2.84 bits per heavy atom. The Hall–Kier alpha value is -1.92. The Kier molecular flexibility index (Phi) is 4.48. The van der Waals surface area contributed by atoms with E-state index >= 15 is 0 Å². The molecular weight excluding hydrogens is 302 g/mol. The normalized spacial score (nSPS) is 9.74. The Morgan fingerprint density at radius 1 is 1.26 bits per heavy atom. The van der Waals surface area contributed by atoms with Crippen LogP contribution in [0.25, 0.3) is 0 Å². The summed E-state index contributed by atoms with van der Waals surface area (Å²) in [5, 5.41) is 3.34. The van der Waals surface area contributed by atoms with Crippen LogP contribution in [0.1, 0.15) is 11.1 Å². The molecule has 0 bridgehead atoms. The van der Waals surface area contributed by atoms with Gasteiger partial charge in [-0.25, -0.2) is 0 Å². The molecule has 0 fully saturated rings. The molecular formula is C16H14BrNO. The summed E-state index contributed by atoms with van der Waals surface area (Å²) in [6.45, 7) is 0.677. The van der Waals surface area contributed by atoms with E-state index in [0.29, 0.717) is 6.54 Å². The van der Waals surface area contributed by atoms with Crippen LogP contribution in [0.5, 0.6) is 5.75 Å². The first-order valence-corrected chi connectivity index (χ1v) is 6.65. The van der Waals surface area contributed by atoms with Crippen molar-refractivity contribution in [3.05, 3.63) is 58.1 Å². The third-order valence-corrected chi connectivity index (χ3v) is 3.25. The number of hydrogen-bond acceptors (Lipinski definition) is 2. The van der Waals surface area contributed by atoms with Crippen molar-refractivity contribution >= 4 is 21.6 Å². The second-order valence-corrected chi connectivity index (χ2v) is 4.95. The predicted molar refractivity (Wildman–Crippen MR) is 82.4 cm³/mol. The molecule has 0 amide bonds. The van der Waals surface area contributed by atoms with Crippen molar-refractivity contribution < 1.29 is 4.74 Å². The topological polar surface area (TPSA) is 21.3 Å². The summed E-state index contributed by atoms with van der Waals surface area (Å²) in [4.78, 5) is 0. The molecule has 0 unspecified atom stereocenters. The summed E-state index contributed by atoms with van der Waals surface area (Å²) in [6.07, 6.45) is 5.39. The Morgan fingerprint density at radius 2 is 2.11 bits per heavy atom. The number of nitrogens with one attached hydrogen (secondary N) is 1. The molecule has 3 heteroatoms. The molecule has 96 valence electrons. The van der Waals surface area contributed by atoms with Crippen molar-refractivity contribution in [1.82, 2.24) is 0 Å². The van der Waals surface area contributed by atoms with Gasteiger partial charge < -0.3 is 10.1 Å². The van der Waals surface area contributed by atoms with Gasteiger partial charge in [-0.2, -0.15) is 0 Å². The van der Waals surface area contributed by atoms with Gasteiger partial charge in [-0.1, -0.05) is 27.9 Å². The van der Waals surface area contributed by atoms with Crippen LogP contribution in [0.3, 0.4) is 0 Å². The summed E-state index contributed by atoms with van der Waals surface area (Å²) in [5.41, 5.74) is 2.95. The summed E-state index contributed by atoms with van der Waals surface area (Å²) in [7, 11) is 1.67. The molecule has 0 radical (unpaired) electrons. The molecule has 0 saturated heterocycles. The number of halogens is 1. The van der Waals surface area contributed by atoms with E-state index in [0.717, 1.165) is 27.0 Å². The van der Waals surface area contributed by atoms with Crippen LogP contribution < -0.4 is 10.1 Å². The van der Waals surface area contributed by atoms with E-state index in [-0.39, 0.29) is 0 Å². The minimum absolute atomic E-state index is 0.677. The first kappa shape index (κ1) is 13.5. The van der Waals surface area contributed by atoms with E-state index in [9.17, 15) is 0 Å². The smallest absolute Gasteiger partial charge is 0.123 e. The van der Waals surface area contributed by atoms with Crippen LogP contribution in [-0.4, -0.2) is 7.11 Å². The van der Waals surface area contributed by atoms with Gasteiger partial charge in [-0.15, -0.1) is 6.42 Å². The summed E-state index contributed by atoms with van der Waals surface area (Å²) < 4.78 is 6.37. The molecule has 0 heterocycles. The van der Waals surface area contributed by atoms with Gasteiger partial charge in [0.1, 0.15) is 5.75 Å². The predicted octanol–water partition coefficient (Wildman–Crippen LogP) is 4.05. The third kappa shape index (κ3) is 3.52. The highest BCUT2D eigenvalue weighted by Crippen LogP contribution is 2.24. The van der Waals surface area contributed by atoms with Gasteiger partial charge in [0, 0.05) is 27.8 Å². The molecule has 0 aromatic heterocycles. The Labute approximate surface area is 121 Å². The minimum atomic E-state index is 0.677. The van der Waals surface area contributed by atoms with Gasteiger partial charge in [0.05, 0.1) is 7.11 Å². The average molecular weight is 316 g/mol. The second-order valence-electron chi connectivity index (χ2n) is 4.03. The lowest BCUT2D eigenvalue weighted by atomic mass is 10.1. The molecule has 2 aromatic carbocycles. The van der Waals surface area contributed by atoms with Gasteiger partial charge in [-0.3, -0.25) is 0 Å². The number of methoxy groups -OCH3 is 1. The maximum atomic E-state index is 5.39. The van der Waals surface area contributed by atoms with Crippen LogP contribution in [0.2, 0.25) is 0 Å². The van der Waals surface area contributed by atoms with E-state index in [1.165, 1.54) is 0 Å². The fraction of sp³-hybridized carbons (Fsp3) is 0.125. The second kappa shape index (κ2) is 6.31. The largest absolute Gasteiger partial charge is 0.496 e. The van der Waals surface area contributed by atoms with Gasteiger partial charge in [0.15, 0.2) is 0 Å². The Bertz CT molecular complexity index is 616. The monoisotopic (exact) mass is 315 g/mol. The van der Waals surface area contributed by atoms with E-state index < -0.39 is 0 Å². The summed E-state index contributed by atoms with van der Waals surface area (Å²) in [6, 6.07) is 13.7. The van der Waals surface area contributed by atoms with Crippen molar-refractivity contribution in [2.75, 3.05) is 12.4 Å². The lowest BCUT2D eigenvalue weighted by Crippen LogP contribution is -2.02. The van der Waals surface area contributed by atoms with Crippen molar-refractivity contribution in [3.63, 3.8) is 0 Å². The standard InChI is InChI=1S/C16H14BrNO/c1-3-12-5-4-6-15(9-12)18-11-13-10-14(17)7-8-16(13)19-2/h1,4-10,18H,11H2,2H3. The van der Waals surface area contributed by atoms with Crippen molar-refractivity contribution in [3.8, 4) is 18.1 Å². The maximum Gasteiger partial charge on any atom is 0.123 e. The fourth-order valence-corrected chi connectivity index (χ4v) is 2.21. The van der Waals surface area contributed by atoms with Crippen LogP contribution in [0.4, 0.5) is 5.69 Å². The fourth-order valence-electron chi connectivity index (χ4n) is 1.80. The first-order chi connectivity index (χ1) is 9.22. The third-order valence-electron chi connectivity index (χ3n) is 2.75. The zero-order chi connectivity index (χ0) is 13.7. The van der Waals surface area contributed by atoms with E-state index in [1.807, 2.05) is 42.5 Å². The molecule has 0 aliphatic carbocycles. The molecule has 2 aromatic rings. The van der Waals surface area contributed by atoms with E-state index in [2.05, 4.69) is 27.2 Å². The molecule has 1 N–H and O–H groups in total. The average Bonchev–Trinajstić information content (AvgIpc) is 2.45. The van der Waals surface area contributed by atoms with Crippen molar-refractivity contribution in [1.29, 1.82) is 0 Å². The number of anilines is 1. The highest BCUT2D eigenvalue weighted by molar-refractivity contribution is 9.10. The highest BCUT2D eigenvalue weighted by Gasteiger charge is 2.03. The lowest BCUT2D eigenvalue weighted by Gasteiger charge is -2.11. The minimum Gasteiger partial charge on any atom is -0.496 e. The Balaban J connectivity index is 2.14. The van der Waals surface area contributed by atoms with E-state index in [4.69, 9.17) is 11.2 Å². The lowest BCUT2D eigenvalue weighted by molar-refractivity contribution is 0.410. The van der Waals surface area contributed by atoms with Gasteiger partial charge in [-0.05, 0) is 36.4 Å². The van der Waals surface area contributed by atoms with Gasteiger partial charge >= 0.3 is 0 Å². The zero-order valence-corrected chi connectivity index (χ0v) is 12.2. The summed E-state index contributed by atoms with van der Waals surface area (Å²) >= 11 is 3.46. The molecule has 2 rings (SSSR count). The van der Waals surface area contributed by atoms with Crippen LogP contribution in [0.15, 0.2) is 46.9 Å². The van der Waals surface area contributed by atoms with Gasteiger partial charge in [0.25, 0.3) is 0 Å². The van der Waals surface area contributed by atoms with Crippen molar-refractivity contribution in [2.45, 2.75) is 6.54 Å². The maximum absolute atomic E-state index is 5.39. The highest BCUT2D eigenvalue weighted by atomic mass is 79.9. The molecule has 0 atom stereocenters. The number of benzene rings is 2. The van der Waals surface area contributed by atoms with Crippen LogP contribution in [0, 0.1) is 12.3 Å². The quantitative estimate of drug-likeness (QED) is 0.859. The van der Waals surface area contributed by atoms with Gasteiger partial charge in [0.2, 0.25) is 0 Å². The van der Waals surface area contributed by atoms with Crippen molar-refractivity contribution in [2.24, 2.45) is 0 Å². The molecule has 0 spiro atoms. The molecule has 19 heavy (non-hydrogen) atoms. The van der Waals surface area contributed by atoms with E-state index in [1.54, 1.807) is 7.11 Å². The molecule has 2 nitrogen and oxygen atoms in total. The summed E-state index contributed by atoms with van der Waals surface area (Å²) in [5.74, 6) is 3.49. The van der Waals surface area contributed by atoms with Crippen LogP contribution in [-0.2, 0) is 6.54 Å². The number of rotatable bonds is 4. The molecule has 0 saturated carbocycles. The van der Waals surface area contributed by atoms with Crippen LogP contribution >= 0.6 is 15.9 Å².